The third-order valence-corrected chi connectivity index (χ3v) is 3.92. The summed E-state index contributed by atoms with van der Waals surface area (Å²) >= 11 is 5.45. The van der Waals surface area contributed by atoms with E-state index < -0.39 is 0 Å². The van der Waals surface area contributed by atoms with Gasteiger partial charge in [-0.05, 0) is 48.0 Å². The summed E-state index contributed by atoms with van der Waals surface area (Å²) in [6.07, 6.45) is 0. The molecule has 0 amide bonds. The van der Waals surface area contributed by atoms with Crippen LogP contribution in [0.1, 0.15) is 30.9 Å². The minimum Gasteiger partial charge on any atom is -0.329 e. The number of nitrogens with zero attached hydrogens (tertiary/aromatic N) is 2. The summed E-state index contributed by atoms with van der Waals surface area (Å²) in [5, 5.41) is 9.21. The van der Waals surface area contributed by atoms with E-state index in [1.807, 2.05) is 28.8 Å². The summed E-state index contributed by atoms with van der Waals surface area (Å²) < 4.78 is 2.59. The Bertz CT molecular complexity index is 910. The van der Waals surface area contributed by atoms with Gasteiger partial charge in [-0.15, -0.1) is 0 Å². The number of hydrogen-bond donors (Lipinski definition) is 1. The van der Waals surface area contributed by atoms with Crippen LogP contribution in [-0.2, 0) is 0 Å². The minimum atomic E-state index is 0.457. The van der Waals surface area contributed by atoms with Crippen LogP contribution in [0, 0.1) is 16.1 Å². The maximum Gasteiger partial charge on any atom is 0.182 e. The van der Waals surface area contributed by atoms with Crippen LogP contribution in [0.15, 0.2) is 42.5 Å². The maximum atomic E-state index is 9.21. The summed E-state index contributed by atoms with van der Waals surface area (Å²) in [7, 11) is 0. The number of benzene rings is 2. The molecule has 4 heteroatoms. The highest BCUT2D eigenvalue weighted by Crippen LogP contribution is 2.24. The molecule has 1 aromatic heterocycles. The van der Waals surface area contributed by atoms with Gasteiger partial charge in [0, 0.05) is 5.69 Å². The predicted octanol–water partition coefficient (Wildman–Crippen LogP) is 4.68. The molecule has 0 saturated heterocycles. The molecule has 2 aromatic carbocycles. The van der Waals surface area contributed by atoms with Crippen LogP contribution in [0.2, 0.25) is 0 Å². The molecule has 0 atom stereocenters. The van der Waals surface area contributed by atoms with Crippen molar-refractivity contribution < 1.29 is 0 Å². The Morgan fingerprint density at radius 1 is 1.19 bits per heavy atom. The Kier molecular flexibility index (Phi) is 3.36. The molecule has 1 heterocycles. The lowest BCUT2D eigenvalue weighted by Crippen LogP contribution is -1.96. The van der Waals surface area contributed by atoms with Gasteiger partial charge in [0.1, 0.15) is 6.07 Å². The first-order valence-electron chi connectivity index (χ1n) is 6.86. The molecule has 3 rings (SSSR count). The van der Waals surface area contributed by atoms with Crippen molar-refractivity contribution in [1.82, 2.24) is 9.55 Å². The van der Waals surface area contributed by atoms with Crippen molar-refractivity contribution >= 4 is 23.3 Å². The van der Waals surface area contributed by atoms with Crippen LogP contribution in [0.5, 0.6) is 0 Å². The monoisotopic (exact) mass is 293 g/mol. The molecule has 0 saturated carbocycles. The Labute approximate surface area is 128 Å². The number of nitrogens with one attached hydrogen (secondary N) is 1. The van der Waals surface area contributed by atoms with Crippen molar-refractivity contribution in [3.63, 3.8) is 0 Å². The molecule has 1 N–H and O–H groups in total. The summed E-state index contributed by atoms with van der Waals surface area (Å²) in [4.78, 5) is 3.15. The first kappa shape index (κ1) is 13.6. The summed E-state index contributed by atoms with van der Waals surface area (Å²) in [5.41, 5.74) is 4.62. The molecule has 0 aliphatic rings. The molecule has 3 nitrogen and oxygen atoms in total. The molecule has 0 radical (unpaired) electrons. The van der Waals surface area contributed by atoms with Crippen molar-refractivity contribution in [3.05, 3.63) is 58.4 Å². The zero-order valence-electron chi connectivity index (χ0n) is 11.9. The lowest BCUT2D eigenvalue weighted by Gasteiger charge is -2.09. The molecule has 0 aliphatic heterocycles. The predicted molar refractivity (Wildman–Crippen MR) is 87.3 cm³/mol. The molecule has 0 bridgehead atoms. The number of rotatable bonds is 2. The molecule has 104 valence electrons. The smallest absolute Gasteiger partial charge is 0.182 e. The van der Waals surface area contributed by atoms with Gasteiger partial charge in [-0.1, -0.05) is 32.0 Å². The maximum absolute atomic E-state index is 9.21. The van der Waals surface area contributed by atoms with E-state index in [1.54, 1.807) is 6.07 Å². The normalized spacial score (nSPS) is 11.0. The van der Waals surface area contributed by atoms with Crippen molar-refractivity contribution in [2.24, 2.45) is 0 Å². The number of aromatic amines is 1. The third-order valence-electron chi connectivity index (χ3n) is 3.63. The van der Waals surface area contributed by atoms with E-state index >= 15 is 0 Å². The quantitative estimate of drug-likeness (QED) is 0.697. The second-order valence-corrected chi connectivity index (χ2v) is 5.71. The van der Waals surface area contributed by atoms with E-state index in [0.29, 0.717) is 16.3 Å². The molecule has 3 aromatic rings. The van der Waals surface area contributed by atoms with Gasteiger partial charge in [0.05, 0.1) is 16.6 Å². The largest absolute Gasteiger partial charge is 0.329 e. The van der Waals surface area contributed by atoms with Crippen molar-refractivity contribution in [3.8, 4) is 11.8 Å². The first-order valence-corrected chi connectivity index (χ1v) is 7.27. The molecular weight excluding hydrogens is 278 g/mol. The number of aromatic nitrogens is 2. The number of imidazole rings is 1. The molecule has 0 aliphatic carbocycles. The van der Waals surface area contributed by atoms with Crippen molar-refractivity contribution in [2.75, 3.05) is 0 Å². The van der Waals surface area contributed by atoms with Gasteiger partial charge in [0.2, 0.25) is 0 Å². The van der Waals surface area contributed by atoms with E-state index in [1.165, 1.54) is 5.56 Å². The van der Waals surface area contributed by atoms with E-state index in [4.69, 9.17) is 12.2 Å². The van der Waals surface area contributed by atoms with Gasteiger partial charge in [0.15, 0.2) is 4.77 Å². The van der Waals surface area contributed by atoms with Crippen LogP contribution < -0.4 is 0 Å². The number of nitriles is 1. The van der Waals surface area contributed by atoms with E-state index in [-0.39, 0.29) is 0 Å². The minimum absolute atomic E-state index is 0.457. The fourth-order valence-corrected chi connectivity index (χ4v) is 2.81. The van der Waals surface area contributed by atoms with Gasteiger partial charge < -0.3 is 4.98 Å². The fourth-order valence-electron chi connectivity index (χ4n) is 2.50. The standard InChI is InChI=1S/C17H15N3S/c1-11(2)12-5-3-7-14(9-12)20-15-8-4-6-13(10-18)16(15)19-17(20)21/h3-9,11H,1-2H3,(H,19,21). The SMILES string of the molecule is CC(C)c1cccc(-n2c(=S)[nH]c3c(C#N)cccc32)c1. The second kappa shape index (κ2) is 5.19. The number of H-pyrrole nitrogens is 1. The average Bonchev–Trinajstić information content (AvgIpc) is 2.83. The third kappa shape index (κ3) is 2.26. The van der Waals surface area contributed by atoms with Crippen LogP contribution in [0.3, 0.4) is 0 Å². The van der Waals surface area contributed by atoms with Crippen molar-refractivity contribution in [2.45, 2.75) is 19.8 Å². The highest BCUT2D eigenvalue weighted by Gasteiger charge is 2.10. The van der Waals surface area contributed by atoms with E-state index in [9.17, 15) is 5.26 Å². The first-order chi connectivity index (χ1) is 10.1. The highest BCUT2D eigenvalue weighted by atomic mass is 32.1. The summed E-state index contributed by atoms with van der Waals surface area (Å²) in [6.45, 7) is 4.34. The summed E-state index contributed by atoms with van der Waals surface area (Å²) in [5.74, 6) is 0.457. The van der Waals surface area contributed by atoms with Crippen LogP contribution in [0.25, 0.3) is 16.7 Å². The zero-order valence-corrected chi connectivity index (χ0v) is 12.7. The van der Waals surface area contributed by atoms with Crippen LogP contribution in [-0.4, -0.2) is 9.55 Å². The van der Waals surface area contributed by atoms with Gasteiger partial charge in [-0.3, -0.25) is 4.57 Å². The number of para-hydroxylation sites is 1. The number of fused-ring (bicyclic) bond motifs is 1. The van der Waals surface area contributed by atoms with Gasteiger partial charge in [-0.2, -0.15) is 5.26 Å². The Hall–Kier alpha value is -2.38. The van der Waals surface area contributed by atoms with Gasteiger partial charge in [0.25, 0.3) is 0 Å². The van der Waals surface area contributed by atoms with E-state index in [2.05, 4.69) is 37.0 Å². The molecule has 0 fully saturated rings. The van der Waals surface area contributed by atoms with Crippen molar-refractivity contribution in [1.29, 1.82) is 5.26 Å². The summed E-state index contributed by atoms with van der Waals surface area (Å²) in [6, 6.07) is 16.2. The molecular formula is C17H15N3S. The average molecular weight is 293 g/mol. The van der Waals surface area contributed by atoms with Gasteiger partial charge in [-0.25, -0.2) is 0 Å². The van der Waals surface area contributed by atoms with Gasteiger partial charge >= 0.3 is 0 Å². The Morgan fingerprint density at radius 3 is 2.67 bits per heavy atom. The second-order valence-electron chi connectivity index (χ2n) is 5.33. The Balaban J connectivity index is 2.31. The zero-order chi connectivity index (χ0) is 15.0. The Morgan fingerprint density at radius 2 is 1.95 bits per heavy atom. The van der Waals surface area contributed by atoms with Crippen LogP contribution >= 0.6 is 12.2 Å². The molecule has 0 spiro atoms. The number of hydrogen-bond acceptors (Lipinski definition) is 2. The molecule has 0 unspecified atom stereocenters. The topological polar surface area (TPSA) is 44.5 Å². The lowest BCUT2D eigenvalue weighted by atomic mass is 10.0. The molecule has 21 heavy (non-hydrogen) atoms. The van der Waals surface area contributed by atoms with Crippen LogP contribution in [0.4, 0.5) is 0 Å². The lowest BCUT2D eigenvalue weighted by molar-refractivity contribution is 0.863. The highest BCUT2D eigenvalue weighted by molar-refractivity contribution is 7.71. The van der Waals surface area contributed by atoms with E-state index in [0.717, 1.165) is 16.7 Å². The fraction of sp³-hybridized carbons (Fsp3) is 0.176.